The quantitative estimate of drug-likeness (QED) is 0.180. The van der Waals surface area contributed by atoms with Crippen molar-refractivity contribution in [2.45, 2.75) is 0 Å². The molecule has 0 N–H and O–H groups in total. The fraction of sp³-hybridized carbons (Fsp3) is 0. The Morgan fingerprint density at radius 1 is 0.423 bits per heavy atom. The lowest BCUT2D eigenvalue weighted by molar-refractivity contribution is 0.669. The molecule has 4 heteroatoms. The first-order chi connectivity index (χ1) is 25.8. The number of anilines is 3. The third-order valence-corrected chi connectivity index (χ3v) is 11.6. The van der Waals surface area contributed by atoms with Crippen LogP contribution in [0.3, 0.4) is 0 Å². The molecule has 0 amide bonds. The summed E-state index contributed by atoms with van der Waals surface area (Å²) in [6.45, 7) is 0. The van der Waals surface area contributed by atoms with Gasteiger partial charge in [-0.1, -0.05) is 109 Å². The Balaban J connectivity index is 1.09. The number of hydrogen-bond acceptors (Lipinski definition) is 3. The zero-order valence-electron chi connectivity index (χ0n) is 28.0. The number of nitrogens with zero attached hydrogens (tertiary/aromatic N) is 2. The highest BCUT2D eigenvalue weighted by molar-refractivity contribution is 7.26. The highest BCUT2D eigenvalue weighted by Gasteiger charge is 2.20. The number of rotatable bonds is 5. The molecule has 0 aliphatic rings. The van der Waals surface area contributed by atoms with Crippen LogP contribution in [0.4, 0.5) is 17.1 Å². The van der Waals surface area contributed by atoms with E-state index >= 15 is 0 Å². The van der Waals surface area contributed by atoms with Crippen molar-refractivity contribution in [2.24, 2.45) is 0 Å². The molecular weight excluding hydrogens is 653 g/mol. The van der Waals surface area contributed by atoms with E-state index in [1.165, 1.54) is 53.3 Å². The number of para-hydroxylation sites is 2. The van der Waals surface area contributed by atoms with Gasteiger partial charge in [0.2, 0.25) is 0 Å². The molecule has 0 aliphatic carbocycles. The molecule has 0 radical (unpaired) electrons. The Bertz CT molecular complexity index is 3110. The van der Waals surface area contributed by atoms with Gasteiger partial charge in [-0.25, -0.2) is 0 Å². The van der Waals surface area contributed by atoms with Crippen molar-refractivity contribution >= 4 is 92.3 Å². The van der Waals surface area contributed by atoms with E-state index in [-0.39, 0.29) is 0 Å². The average Bonchev–Trinajstić information content (AvgIpc) is 3.88. The van der Waals surface area contributed by atoms with Crippen LogP contribution < -0.4 is 4.90 Å². The first kappa shape index (κ1) is 29.1. The fourth-order valence-corrected chi connectivity index (χ4v) is 9.19. The van der Waals surface area contributed by atoms with Crippen molar-refractivity contribution in [3.05, 3.63) is 182 Å². The predicted octanol–water partition coefficient (Wildman–Crippen LogP) is 14.2. The van der Waals surface area contributed by atoms with Crippen LogP contribution in [0.5, 0.6) is 0 Å². The summed E-state index contributed by atoms with van der Waals surface area (Å²) < 4.78 is 11.3. The van der Waals surface area contributed by atoms with Crippen LogP contribution >= 0.6 is 11.3 Å². The molecule has 3 heterocycles. The molecular formula is C48H30N2OS. The number of fused-ring (bicyclic) bond motifs is 9. The number of hydrogen-bond donors (Lipinski definition) is 0. The molecule has 0 fully saturated rings. The predicted molar refractivity (Wildman–Crippen MR) is 221 cm³/mol. The summed E-state index contributed by atoms with van der Waals surface area (Å²) in [5.74, 6) is 0. The average molecular weight is 683 g/mol. The Morgan fingerprint density at radius 2 is 1.08 bits per heavy atom. The van der Waals surface area contributed by atoms with Crippen molar-refractivity contribution in [3.63, 3.8) is 0 Å². The molecule has 0 unspecified atom stereocenters. The SMILES string of the molecule is c1ccc(-c2ccc(N(c3ccc(-n4c5ccccc5c5cc6c(cc54)oc4ccccc46)cc3)c3cccc4c3sc3ccccc34)cc2)cc1. The maximum absolute atomic E-state index is 6.37. The van der Waals surface area contributed by atoms with Crippen molar-refractivity contribution in [2.75, 3.05) is 4.90 Å². The molecule has 11 rings (SSSR count). The van der Waals surface area contributed by atoms with Gasteiger partial charge in [-0.15, -0.1) is 11.3 Å². The fourth-order valence-electron chi connectivity index (χ4n) is 7.99. The summed E-state index contributed by atoms with van der Waals surface area (Å²) in [6, 6.07) is 65.4. The molecule has 0 saturated heterocycles. The van der Waals surface area contributed by atoms with Gasteiger partial charge in [-0.3, -0.25) is 0 Å². The Morgan fingerprint density at radius 3 is 1.90 bits per heavy atom. The van der Waals surface area contributed by atoms with Crippen LogP contribution in [-0.4, -0.2) is 4.57 Å². The molecule has 0 saturated carbocycles. The zero-order valence-corrected chi connectivity index (χ0v) is 28.8. The van der Waals surface area contributed by atoms with E-state index in [4.69, 9.17) is 4.42 Å². The van der Waals surface area contributed by atoms with Crippen LogP contribution in [0.25, 0.3) is 80.7 Å². The maximum atomic E-state index is 6.37. The summed E-state index contributed by atoms with van der Waals surface area (Å²) in [6.07, 6.45) is 0. The van der Waals surface area contributed by atoms with E-state index in [1.807, 2.05) is 23.5 Å². The minimum Gasteiger partial charge on any atom is -0.456 e. The lowest BCUT2D eigenvalue weighted by Crippen LogP contribution is -2.10. The second-order valence-electron chi connectivity index (χ2n) is 13.3. The van der Waals surface area contributed by atoms with E-state index in [9.17, 15) is 0 Å². The molecule has 0 atom stereocenters. The first-order valence-corrected chi connectivity index (χ1v) is 18.4. The number of benzene rings is 8. The molecule has 8 aromatic carbocycles. The van der Waals surface area contributed by atoms with Gasteiger partial charge in [-0.2, -0.15) is 0 Å². The summed E-state index contributed by atoms with van der Waals surface area (Å²) in [5, 5.41) is 7.31. The molecule has 11 aromatic rings. The zero-order chi connectivity index (χ0) is 34.2. The van der Waals surface area contributed by atoms with Crippen LogP contribution in [-0.2, 0) is 0 Å². The van der Waals surface area contributed by atoms with Gasteiger partial charge in [0.15, 0.2) is 0 Å². The monoisotopic (exact) mass is 682 g/mol. The van der Waals surface area contributed by atoms with Gasteiger partial charge in [0.25, 0.3) is 0 Å². The van der Waals surface area contributed by atoms with Crippen LogP contribution in [0.1, 0.15) is 0 Å². The standard InChI is InChI=1S/C48H30N2OS/c1-2-11-31(12-3-1)32-21-23-33(24-22-32)49(43-18-10-16-39-38-15-6-9-20-47(38)52-48(39)43)34-25-27-35(28-26-34)50-42-17-7-4-13-36(42)40-29-41-37-14-5-8-19-45(37)51-46(41)30-44(40)50/h1-30H. The molecule has 0 bridgehead atoms. The summed E-state index contributed by atoms with van der Waals surface area (Å²) in [7, 11) is 0. The largest absolute Gasteiger partial charge is 0.456 e. The van der Waals surface area contributed by atoms with Gasteiger partial charge < -0.3 is 13.9 Å². The summed E-state index contributed by atoms with van der Waals surface area (Å²) in [5.41, 5.74) is 11.0. The van der Waals surface area contributed by atoms with Crippen molar-refractivity contribution in [1.29, 1.82) is 0 Å². The van der Waals surface area contributed by atoms with Crippen LogP contribution in [0, 0.1) is 0 Å². The highest BCUT2D eigenvalue weighted by Crippen LogP contribution is 2.45. The van der Waals surface area contributed by atoms with E-state index < -0.39 is 0 Å². The smallest absolute Gasteiger partial charge is 0.137 e. The second kappa shape index (κ2) is 11.5. The first-order valence-electron chi connectivity index (χ1n) is 17.6. The van der Waals surface area contributed by atoms with E-state index in [0.717, 1.165) is 44.5 Å². The van der Waals surface area contributed by atoms with Crippen molar-refractivity contribution in [1.82, 2.24) is 4.57 Å². The van der Waals surface area contributed by atoms with Crippen LogP contribution in [0.15, 0.2) is 186 Å². The number of aromatic nitrogens is 1. The lowest BCUT2D eigenvalue weighted by Gasteiger charge is -2.26. The maximum Gasteiger partial charge on any atom is 0.137 e. The normalized spacial score (nSPS) is 11.8. The summed E-state index contributed by atoms with van der Waals surface area (Å²) in [4.78, 5) is 2.40. The summed E-state index contributed by atoms with van der Waals surface area (Å²) >= 11 is 1.86. The molecule has 52 heavy (non-hydrogen) atoms. The van der Waals surface area contributed by atoms with Gasteiger partial charge >= 0.3 is 0 Å². The molecule has 244 valence electrons. The Hall–Kier alpha value is -6.62. The Kier molecular flexibility index (Phi) is 6.42. The highest BCUT2D eigenvalue weighted by atomic mass is 32.1. The molecule has 3 aromatic heterocycles. The lowest BCUT2D eigenvalue weighted by atomic mass is 10.0. The molecule has 0 aliphatic heterocycles. The van der Waals surface area contributed by atoms with E-state index in [1.54, 1.807) is 0 Å². The number of furan rings is 1. The minimum absolute atomic E-state index is 0.899. The van der Waals surface area contributed by atoms with Gasteiger partial charge in [0, 0.05) is 60.1 Å². The van der Waals surface area contributed by atoms with Gasteiger partial charge in [0.05, 0.1) is 21.4 Å². The van der Waals surface area contributed by atoms with Gasteiger partial charge in [-0.05, 0) is 77.9 Å². The van der Waals surface area contributed by atoms with E-state index in [0.29, 0.717) is 0 Å². The van der Waals surface area contributed by atoms with Crippen molar-refractivity contribution < 1.29 is 4.42 Å². The second-order valence-corrected chi connectivity index (χ2v) is 14.4. The van der Waals surface area contributed by atoms with Gasteiger partial charge in [0.1, 0.15) is 11.2 Å². The van der Waals surface area contributed by atoms with Crippen LogP contribution in [0.2, 0.25) is 0 Å². The molecule has 3 nitrogen and oxygen atoms in total. The number of thiophene rings is 1. The van der Waals surface area contributed by atoms with Crippen molar-refractivity contribution in [3.8, 4) is 16.8 Å². The Labute approximate surface area is 303 Å². The third-order valence-electron chi connectivity index (χ3n) is 10.4. The minimum atomic E-state index is 0.899. The topological polar surface area (TPSA) is 21.3 Å². The third kappa shape index (κ3) is 4.45. The van der Waals surface area contributed by atoms with E-state index in [2.05, 4.69) is 179 Å². The molecule has 0 spiro atoms.